The van der Waals surface area contributed by atoms with E-state index in [2.05, 4.69) is 134 Å². The minimum absolute atomic E-state index is 0.915. The fourth-order valence-corrected chi connectivity index (χ4v) is 6.81. The average Bonchev–Trinajstić information content (AvgIpc) is 3.53. The van der Waals surface area contributed by atoms with Crippen molar-refractivity contribution in [3.8, 4) is 11.6 Å². The molecule has 6 heteroatoms. The zero-order chi connectivity index (χ0) is 31.7. The van der Waals surface area contributed by atoms with Crippen molar-refractivity contribution in [1.82, 2.24) is 24.0 Å². The first-order valence-electron chi connectivity index (χ1n) is 16.4. The number of aromatic nitrogens is 4. The molecule has 0 saturated carbocycles. The molecule has 0 unspecified atom stereocenters. The van der Waals surface area contributed by atoms with Crippen LogP contribution in [0.3, 0.4) is 0 Å². The van der Waals surface area contributed by atoms with Crippen molar-refractivity contribution in [3.63, 3.8) is 0 Å². The van der Waals surface area contributed by atoms with E-state index in [0.29, 0.717) is 0 Å². The molecule has 1 aliphatic rings. The lowest BCUT2D eigenvalue weighted by Crippen LogP contribution is -2.44. The van der Waals surface area contributed by atoms with Crippen molar-refractivity contribution in [1.29, 1.82) is 0 Å². The van der Waals surface area contributed by atoms with Crippen molar-refractivity contribution in [2.75, 3.05) is 38.1 Å². The zero-order valence-electron chi connectivity index (χ0n) is 28.2. The molecule has 5 heterocycles. The van der Waals surface area contributed by atoms with Gasteiger partial charge in [-0.2, -0.15) is 0 Å². The SMILES string of the molecule is Cc1cc(CCc2cc(CCc3cc(C)cc(-n4c(C)ccc4C)n3)cc(N3CCN(C)CC3)c2)nc(-n2c(C)ccc2C)c1. The number of pyridine rings is 2. The summed E-state index contributed by atoms with van der Waals surface area (Å²) in [6, 6.07) is 24.8. The Bertz CT molecular complexity index is 1640. The van der Waals surface area contributed by atoms with Gasteiger partial charge in [-0.1, -0.05) is 6.07 Å². The van der Waals surface area contributed by atoms with Gasteiger partial charge in [0, 0.05) is 66.0 Å². The molecule has 234 valence electrons. The van der Waals surface area contributed by atoms with E-state index in [-0.39, 0.29) is 0 Å². The van der Waals surface area contributed by atoms with Crippen LogP contribution in [-0.2, 0) is 25.7 Å². The molecule has 45 heavy (non-hydrogen) atoms. The average molecular weight is 601 g/mol. The molecule has 6 nitrogen and oxygen atoms in total. The summed E-state index contributed by atoms with van der Waals surface area (Å²) >= 11 is 0. The van der Waals surface area contributed by atoms with Gasteiger partial charge in [-0.05, 0) is 157 Å². The van der Waals surface area contributed by atoms with Crippen LogP contribution in [0, 0.1) is 41.5 Å². The third-order valence-electron chi connectivity index (χ3n) is 9.26. The molecule has 1 saturated heterocycles. The molecule has 0 N–H and O–H groups in total. The van der Waals surface area contributed by atoms with Crippen LogP contribution >= 0.6 is 0 Å². The highest BCUT2D eigenvalue weighted by molar-refractivity contribution is 5.52. The Morgan fingerprint density at radius 3 is 1.36 bits per heavy atom. The molecule has 1 aliphatic heterocycles. The van der Waals surface area contributed by atoms with Crippen LogP contribution in [-0.4, -0.2) is 57.2 Å². The van der Waals surface area contributed by atoms with Gasteiger partial charge in [0.25, 0.3) is 0 Å². The van der Waals surface area contributed by atoms with Gasteiger partial charge in [-0.3, -0.25) is 0 Å². The highest BCUT2D eigenvalue weighted by Gasteiger charge is 2.17. The Morgan fingerprint density at radius 2 is 0.933 bits per heavy atom. The predicted octanol–water partition coefficient (Wildman–Crippen LogP) is 7.23. The van der Waals surface area contributed by atoms with E-state index in [1.165, 1.54) is 50.7 Å². The Labute approximate surface area is 269 Å². The van der Waals surface area contributed by atoms with E-state index in [1.807, 2.05) is 0 Å². The molecule has 1 fully saturated rings. The number of benzene rings is 1. The molecule has 6 rings (SSSR count). The lowest BCUT2D eigenvalue weighted by atomic mass is 9.99. The third kappa shape index (κ3) is 7.07. The van der Waals surface area contributed by atoms with Crippen molar-refractivity contribution < 1.29 is 0 Å². The van der Waals surface area contributed by atoms with Gasteiger partial charge in [0.15, 0.2) is 0 Å². The Morgan fingerprint density at radius 1 is 0.511 bits per heavy atom. The minimum atomic E-state index is 0.915. The number of likely N-dealkylation sites (N-methyl/N-ethyl adjacent to an activating group) is 1. The molecule has 0 aliphatic carbocycles. The summed E-state index contributed by atoms with van der Waals surface area (Å²) in [6.07, 6.45) is 3.76. The summed E-state index contributed by atoms with van der Waals surface area (Å²) in [6.45, 7) is 17.3. The van der Waals surface area contributed by atoms with Crippen LogP contribution in [0.2, 0.25) is 0 Å². The smallest absolute Gasteiger partial charge is 0.137 e. The predicted molar refractivity (Wildman–Crippen MR) is 187 cm³/mol. The molecule has 0 radical (unpaired) electrons. The Hall–Kier alpha value is -4.16. The van der Waals surface area contributed by atoms with E-state index in [4.69, 9.17) is 9.97 Å². The lowest BCUT2D eigenvalue weighted by molar-refractivity contribution is 0.313. The lowest BCUT2D eigenvalue weighted by Gasteiger charge is -2.34. The quantitative estimate of drug-likeness (QED) is 0.179. The fourth-order valence-electron chi connectivity index (χ4n) is 6.81. The molecule has 4 aromatic heterocycles. The summed E-state index contributed by atoms with van der Waals surface area (Å²) in [5.41, 5.74) is 13.8. The number of rotatable bonds is 9. The van der Waals surface area contributed by atoms with Crippen LogP contribution in [0.1, 0.15) is 56.4 Å². The van der Waals surface area contributed by atoms with Crippen LogP contribution in [0.5, 0.6) is 0 Å². The Kier molecular flexibility index (Phi) is 8.95. The molecular formula is C39H48N6. The van der Waals surface area contributed by atoms with Gasteiger partial charge >= 0.3 is 0 Å². The van der Waals surface area contributed by atoms with Gasteiger partial charge in [-0.25, -0.2) is 9.97 Å². The zero-order valence-corrected chi connectivity index (χ0v) is 28.2. The van der Waals surface area contributed by atoms with E-state index < -0.39 is 0 Å². The second-order valence-electron chi connectivity index (χ2n) is 13.2. The monoisotopic (exact) mass is 600 g/mol. The molecule has 0 amide bonds. The van der Waals surface area contributed by atoms with Crippen LogP contribution < -0.4 is 4.90 Å². The molecule has 0 atom stereocenters. The standard InChI is InChI=1S/C39H48N6/c1-27-20-35(40-38(22-27)44-29(3)8-9-30(44)4)14-12-33-24-34(26-37(25-33)43-18-16-42(7)17-19-43)13-15-36-21-28(2)23-39(41-36)45-31(5)10-11-32(45)6/h8-11,20-26H,12-19H2,1-7H3. The first-order chi connectivity index (χ1) is 21.6. The van der Waals surface area contributed by atoms with Crippen molar-refractivity contribution in [3.05, 3.63) is 123 Å². The number of hydrogen-bond acceptors (Lipinski definition) is 4. The Balaban J connectivity index is 1.25. The number of nitrogens with zero attached hydrogens (tertiary/aromatic N) is 6. The molecule has 5 aromatic rings. The maximum atomic E-state index is 5.12. The van der Waals surface area contributed by atoms with E-state index in [9.17, 15) is 0 Å². The van der Waals surface area contributed by atoms with E-state index in [1.54, 1.807) is 0 Å². The van der Waals surface area contributed by atoms with Crippen LogP contribution in [0.25, 0.3) is 11.6 Å². The fraction of sp³-hybridized carbons (Fsp3) is 0.385. The van der Waals surface area contributed by atoms with Gasteiger partial charge in [-0.15, -0.1) is 0 Å². The topological polar surface area (TPSA) is 42.1 Å². The number of anilines is 1. The first kappa shape index (κ1) is 30.8. The van der Waals surface area contributed by atoms with Gasteiger partial charge < -0.3 is 18.9 Å². The van der Waals surface area contributed by atoms with Gasteiger partial charge in [0.05, 0.1) is 0 Å². The van der Waals surface area contributed by atoms with Gasteiger partial charge in [0.1, 0.15) is 11.6 Å². The molecule has 1 aromatic carbocycles. The number of piperazine rings is 1. The second-order valence-corrected chi connectivity index (χ2v) is 13.2. The summed E-state index contributed by atoms with van der Waals surface area (Å²) < 4.78 is 4.51. The first-order valence-corrected chi connectivity index (χ1v) is 16.4. The highest BCUT2D eigenvalue weighted by atomic mass is 15.2. The molecular weight excluding hydrogens is 552 g/mol. The van der Waals surface area contributed by atoms with Crippen molar-refractivity contribution in [2.45, 2.75) is 67.2 Å². The molecule has 0 bridgehead atoms. The third-order valence-corrected chi connectivity index (χ3v) is 9.26. The summed E-state index contributed by atoms with van der Waals surface area (Å²) in [7, 11) is 2.22. The maximum Gasteiger partial charge on any atom is 0.137 e. The van der Waals surface area contributed by atoms with E-state index >= 15 is 0 Å². The highest BCUT2D eigenvalue weighted by Crippen LogP contribution is 2.25. The van der Waals surface area contributed by atoms with Crippen molar-refractivity contribution >= 4 is 5.69 Å². The normalized spacial score (nSPS) is 14.0. The molecule has 0 spiro atoms. The summed E-state index contributed by atoms with van der Waals surface area (Å²) in [5, 5.41) is 0. The number of aryl methyl sites for hydroxylation is 10. The summed E-state index contributed by atoms with van der Waals surface area (Å²) in [5.74, 6) is 2.04. The maximum absolute atomic E-state index is 5.12. The van der Waals surface area contributed by atoms with E-state index in [0.717, 1.165) is 74.9 Å². The largest absolute Gasteiger partial charge is 0.369 e. The minimum Gasteiger partial charge on any atom is -0.369 e. The second kappa shape index (κ2) is 13.1. The van der Waals surface area contributed by atoms with Crippen LogP contribution in [0.15, 0.2) is 66.7 Å². The van der Waals surface area contributed by atoms with Crippen LogP contribution in [0.4, 0.5) is 5.69 Å². The summed E-state index contributed by atoms with van der Waals surface area (Å²) in [4.78, 5) is 15.2. The van der Waals surface area contributed by atoms with Crippen molar-refractivity contribution in [2.24, 2.45) is 0 Å². The number of hydrogen-bond donors (Lipinski definition) is 0. The van der Waals surface area contributed by atoms with Gasteiger partial charge in [0.2, 0.25) is 0 Å².